The van der Waals surface area contributed by atoms with Crippen LogP contribution >= 0.6 is 0 Å². The number of halogens is 3. The van der Waals surface area contributed by atoms with E-state index in [1.165, 1.54) is 0 Å². The summed E-state index contributed by atoms with van der Waals surface area (Å²) in [5.74, 6) is 0.784. The second kappa shape index (κ2) is 7.72. The highest BCUT2D eigenvalue weighted by atomic mass is 19.4. The van der Waals surface area contributed by atoms with Gasteiger partial charge in [0.2, 0.25) is 0 Å². The molecule has 0 spiro atoms. The molecule has 0 aliphatic carbocycles. The molecule has 8 heteroatoms. The zero-order valence-electron chi connectivity index (χ0n) is 15.0. The number of aliphatic hydroxyl groups excluding tert-OH is 1. The molecule has 1 aliphatic rings. The summed E-state index contributed by atoms with van der Waals surface area (Å²) in [6.07, 6.45) is -0.724. The molecule has 1 aliphatic heterocycles. The molecule has 1 saturated heterocycles. The summed E-state index contributed by atoms with van der Waals surface area (Å²) >= 11 is 0. The Balaban J connectivity index is 1.62. The zero-order chi connectivity index (χ0) is 19.6. The van der Waals surface area contributed by atoms with Crippen LogP contribution in [0.5, 0.6) is 0 Å². The fraction of sp³-hybridized carbons (Fsp3) is 0.474. The molecule has 1 aromatic carbocycles. The maximum Gasteiger partial charge on any atom is 0.416 e. The average molecular weight is 381 g/mol. The molecule has 3 rings (SSSR count). The minimum Gasteiger partial charge on any atom is -0.378 e. The van der Waals surface area contributed by atoms with Gasteiger partial charge in [-0.25, -0.2) is 4.98 Å². The Kier molecular flexibility index (Phi) is 5.55. The van der Waals surface area contributed by atoms with Crippen LogP contribution in [0.3, 0.4) is 0 Å². The summed E-state index contributed by atoms with van der Waals surface area (Å²) in [5, 5.41) is 10.3. The number of hydrogen-bond acceptors (Lipinski definition) is 3. The van der Waals surface area contributed by atoms with Crippen molar-refractivity contribution in [2.45, 2.75) is 44.5 Å². The second-order valence-electron chi connectivity index (χ2n) is 6.69. The van der Waals surface area contributed by atoms with E-state index in [-0.39, 0.29) is 11.5 Å². The lowest BCUT2D eigenvalue weighted by Gasteiger charge is -2.33. The molecule has 0 unspecified atom stereocenters. The second-order valence-corrected chi connectivity index (χ2v) is 6.69. The predicted molar refractivity (Wildman–Crippen MR) is 92.9 cm³/mol. The van der Waals surface area contributed by atoms with Crippen molar-refractivity contribution >= 4 is 5.91 Å². The smallest absolute Gasteiger partial charge is 0.378 e. The van der Waals surface area contributed by atoms with Gasteiger partial charge < -0.3 is 14.6 Å². The van der Waals surface area contributed by atoms with Crippen molar-refractivity contribution in [3.63, 3.8) is 0 Å². The van der Waals surface area contributed by atoms with Gasteiger partial charge in [0.05, 0.1) is 5.56 Å². The third-order valence-electron chi connectivity index (χ3n) is 5.05. The topological polar surface area (TPSA) is 58.4 Å². The van der Waals surface area contributed by atoms with E-state index in [9.17, 15) is 23.1 Å². The molecular weight excluding hydrogens is 359 g/mol. The minimum atomic E-state index is -4.44. The summed E-state index contributed by atoms with van der Waals surface area (Å²) in [4.78, 5) is 18.5. The molecule has 146 valence electrons. The van der Waals surface area contributed by atoms with Crippen molar-refractivity contribution in [1.82, 2.24) is 14.5 Å². The van der Waals surface area contributed by atoms with Crippen molar-refractivity contribution in [3.05, 3.63) is 53.6 Å². The highest BCUT2D eigenvalue weighted by molar-refractivity contribution is 5.82. The van der Waals surface area contributed by atoms with Crippen LogP contribution < -0.4 is 0 Å². The first-order valence-corrected chi connectivity index (χ1v) is 8.96. The van der Waals surface area contributed by atoms with E-state index in [0.717, 1.165) is 49.5 Å². The zero-order valence-corrected chi connectivity index (χ0v) is 15.0. The molecule has 1 atom stereocenters. The van der Waals surface area contributed by atoms with Gasteiger partial charge in [0.15, 0.2) is 6.10 Å². The van der Waals surface area contributed by atoms with Gasteiger partial charge >= 0.3 is 6.18 Å². The number of piperidine rings is 1. The maximum absolute atomic E-state index is 12.6. The number of nitrogens with zero attached hydrogens (tertiary/aromatic N) is 3. The van der Waals surface area contributed by atoms with Crippen LogP contribution in [0.15, 0.2) is 36.7 Å². The SMILES string of the molecule is CCn1ccnc1C1CCN(C(=O)[C@@H](O)c2ccc(C(F)(F)F)cc2)CC1. The monoisotopic (exact) mass is 381 g/mol. The van der Waals surface area contributed by atoms with E-state index in [4.69, 9.17) is 0 Å². The highest BCUT2D eigenvalue weighted by Crippen LogP contribution is 2.31. The Labute approximate surface area is 155 Å². The van der Waals surface area contributed by atoms with Gasteiger partial charge in [-0.3, -0.25) is 4.79 Å². The van der Waals surface area contributed by atoms with Gasteiger partial charge in [-0.2, -0.15) is 13.2 Å². The first-order valence-electron chi connectivity index (χ1n) is 8.96. The van der Waals surface area contributed by atoms with Gasteiger partial charge in [-0.15, -0.1) is 0 Å². The van der Waals surface area contributed by atoms with Crippen LogP contribution in [0.4, 0.5) is 13.2 Å². The third-order valence-corrected chi connectivity index (χ3v) is 5.05. The fourth-order valence-electron chi connectivity index (χ4n) is 3.48. The fourth-order valence-corrected chi connectivity index (χ4v) is 3.48. The molecular formula is C19H22F3N3O2. The average Bonchev–Trinajstić information content (AvgIpc) is 3.15. The predicted octanol–water partition coefficient (Wildman–Crippen LogP) is 3.36. The number of aliphatic hydroxyl groups is 1. The summed E-state index contributed by atoms with van der Waals surface area (Å²) in [7, 11) is 0. The molecule has 0 bridgehead atoms. The van der Waals surface area contributed by atoms with Gasteiger partial charge in [-0.05, 0) is 37.5 Å². The Hall–Kier alpha value is -2.35. The van der Waals surface area contributed by atoms with Gasteiger partial charge in [-0.1, -0.05) is 12.1 Å². The van der Waals surface area contributed by atoms with Crippen molar-refractivity contribution in [3.8, 4) is 0 Å². The molecule has 0 saturated carbocycles. The number of aryl methyl sites for hydroxylation is 1. The Morgan fingerprint density at radius 3 is 2.44 bits per heavy atom. The number of carbonyl (C=O) groups excluding carboxylic acids is 1. The Morgan fingerprint density at radius 1 is 1.26 bits per heavy atom. The summed E-state index contributed by atoms with van der Waals surface area (Å²) < 4.78 is 40.0. The molecule has 5 nitrogen and oxygen atoms in total. The third kappa shape index (κ3) is 4.16. The number of alkyl halides is 3. The van der Waals surface area contributed by atoms with Crippen LogP contribution in [0.2, 0.25) is 0 Å². The standard InChI is InChI=1S/C19H22F3N3O2/c1-2-24-12-9-23-17(24)14-7-10-25(11-8-14)18(27)16(26)13-3-5-15(6-4-13)19(20,21)22/h3-6,9,12,14,16,26H,2,7-8,10-11H2,1H3/t16-/m0/s1. The van der Waals surface area contributed by atoms with E-state index in [2.05, 4.69) is 9.55 Å². The lowest BCUT2D eigenvalue weighted by Crippen LogP contribution is -2.41. The van der Waals surface area contributed by atoms with Crippen LogP contribution in [0.25, 0.3) is 0 Å². The Bertz CT molecular complexity index is 778. The number of carbonyl (C=O) groups is 1. The normalized spacial score (nSPS) is 17.1. The number of hydrogen-bond donors (Lipinski definition) is 1. The van der Waals surface area contributed by atoms with Crippen molar-refractivity contribution in [1.29, 1.82) is 0 Å². The number of amides is 1. The van der Waals surface area contributed by atoms with Crippen LogP contribution in [0.1, 0.15) is 48.7 Å². The van der Waals surface area contributed by atoms with E-state index in [0.29, 0.717) is 13.1 Å². The molecule has 2 heterocycles. The largest absolute Gasteiger partial charge is 0.416 e. The minimum absolute atomic E-state index is 0.164. The van der Waals surface area contributed by atoms with Crippen molar-refractivity contribution in [2.75, 3.05) is 13.1 Å². The van der Waals surface area contributed by atoms with Gasteiger partial charge in [0.1, 0.15) is 5.82 Å². The summed E-state index contributed by atoms with van der Waals surface area (Å²) in [6, 6.07) is 4.05. The van der Waals surface area contributed by atoms with Crippen molar-refractivity contribution < 1.29 is 23.1 Å². The Morgan fingerprint density at radius 2 is 1.89 bits per heavy atom. The van der Waals surface area contributed by atoms with Gasteiger partial charge in [0.25, 0.3) is 5.91 Å². The lowest BCUT2D eigenvalue weighted by molar-refractivity contribution is -0.141. The molecule has 1 N–H and O–H groups in total. The first-order chi connectivity index (χ1) is 12.8. The molecule has 1 aromatic heterocycles. The molecule has 1 fully saturated rings. The highest BCUT2D eigenvalue weighted by Gasteiger charge is 2.32. The molecule has 27 heavy (non-hydrogen) atoms. The quantitative estimate of drug-likeness (QED) is 0.884. The van der Waals surface area contributed by atoms with Crippen LogP contribution in [-0.4, -0.2) is 38.6 Å². The van der Waals surface area contributed by atoms with Crippen LogP contribution in [-0.2, 0) is 17.5 Å². The van der Waals surface area contributed by atoms with Crippen molar-refractivity contribution in [2.24, 2.45) is 0 Å². The maximum atomic E-state index is 12.6. The van der Waals surface area contributed by atoms with E-state index < -0.39 is 23.8 Å². The number of benzene rings is 1. The number of likely N-dealkylation sites (tertiary alicyclic amines) is 1. The van der Waals surface area contributed by atoms with E-state index in [1.807, 2.05) is 13.1 Å². The number of aromatic nitrogens is 2. The number of imidazole rings is 1. The molecule has 2 aromatic rings. The van der Waals surface area contributed by atoms with Crippen LogP contribution in [0, 0.1) is 0 Å². The van der Waals surface area contributed by atoms with E-state index >= 15 is 0 Å². The molecule has 0 radical (unpaired) electrons. The van der Waals surface area contributed by atoms with E-state index in [1.54, 1.807) is 11.1 Å². The molecule has 1 amide bonds. The van der Waals surface area contributed by atoms with Gasteiger partial charge in [0, 0.05) is 37.9 Å². The number of rotatable bonds is 4. The summed E-state index contributed by atoms with van der Waals surface area (Å²) in [6.45, 7) is 3.85. The first kappa shape index (κ1) is 19.4. The lowest BCUT2D eigenvalue weighted by atomic mass is 9.95. The summed E-state index contributed by atoms with van der Waals surface area (Å²) in [5.41, 5.74) is -0.644.